The molecule has 0 radical (unpaired) electrons. The second-order valence-corrected chi connectivity index (χ2v) is 4.81. The van der Waals surface area contributed by atoms with Crippen molar-refractivity contribution in [1.29, 1.82) is 0 Å². The number of aliphatic hydroxyl groups is 1. The van der Waals surface area contributed by atoms with Crippen molar-refractivity contribution in [2.24, 2.45) is 5.92 Å². The van der Waals surface area contributed by atoms with Gasteiger partial charge in [-0.15, -0.1) is 0 Å². The van der Waals surface area contributed by atoms with E-state index in [0.717, 1.165) is 16.5 Å². The van der Waals surface area contributed by atoms with Crippen LogP contribution in [-0.4, -0.2) is 18.2 Å². The highest BCUT2D eigenvalue weighted by molar-refractivity contribution is 5.77. The van der Waals surface area contributed by atoms with Crippen LogP contribution in [0.1, 0.15) is 24.5 Å². The van der Waals surface area contributed by atoms with Crippen molar-refractivity contribution >= 4 is 11.0 Å². The molecule has 3 nitrogen and oxygen atoms in total. The van der Waals surface area contributed by atoms with Gasteiger partial charge < -0.3 is 14.8 Å². The van der Waals surface area contributed by atoms with E-state index in [4.69, 9.17) is 4.42 Å². The molecule has 0 bridgehead atoms. The van der Waals surface area contributed by atoms with Gasteiger partial charge in [0.05, 0.1) is 12.4 Å². The zero-order valence-electron chi connectivity index (χ0n) is 9.89. The third kappa shape index (κ3) is 1.96. The molecule has 1 saturated carbocycles. The lowest BCUT2D eigenvalue weighted by Gasteiger charge is -2.22. The SMILES string of the molecule is CNC(C1CC1)C(O)c1ccc2ccoc2c1. The number of hydrogen-bond acceptors (Lipinski definition) is 3. The van der Waals surface area contributed by atoms with Crippen molar-refractivity contribution in [3.63, 3.8) is 0 Å². The fraction of sp³-hybridized carbons (Fsp3) is 0.429. The van der Waals surface area contributed by atoms with Crippen molar-refractivity contribution in [2.45, 2.75) is 25.0 Å². The van der Waals surface area contributed by atoms with Crippen LogP contribution in [0.2, 0.25) is 0 Å². The van der Waals surface area contributed by atoms with Crippen molar-refractivity contribution in [1.82, 2.24) is 5.32 Å². The molecule has 2 aromatic rings. The van der Waals surface area contributed by atoms with Crippen LogP contribution in [0.25, 0.3) is 11.0 Å². The largest absolute Gasteiger partial charge is 0.464 e. The molecule has 17 heavy (non-hydrogen) atoms. The number of hydrogen-bond donors (Lipinski definition) is 2. The number of furan rings is 1. The highest BCUT2D eigenvalue weighted by atomic mass is 16.3. The smallest absolute Gasteiger partial charge is 0.134 e. The summed E-state index contributed by atoms with van der Waals surface area (Å²) in [5.41, 5.74) is 1.77. The maximum atomic E-state index is 10.4. The highest BCUT2D eigenvalue weighted by Crippen LogP contribution is 2.38. The number of rotatable bonds is 4. The predicted molar refractivity (Wildman–Crippen MR) is 66.7 cm³/mol. The average molecular weight is 231 g/mol. The Kier molecular flexibility index (Phi) is 2.65. The number of benzene rings is 1. The van der Waals surface area contributed by atoms with Gasteiger partial charge in [0.2, 0.25) is 0 Å². The van der Waals surface area contributed by atoms with Crippen LogP contribution < -0.4 is 5.32 Å². The minimum absolute atomic E-state index is 0.155. The topological polar surface area (TPSA) is 45.4 Å². The van der Waals surface area contributed by atoms with E-state index in [1.807, 2.05) is 31.3 Å². The minimum atomic E-state index is -0.456. The Balaban J connectivity index is 1.90. The predicted octanol–water partition coefficient (Wildman–Crippen LogP) is 2.46. The lowest BCUT2D eigenvalue weighted by molar-refractivity contribution is 0.122. The van der Waals surface area contributed by atoms with Crippen LogP contribution in [0.5, 0.6) is 0 Å². The number of nitrogens with one attached hydrogen (secondary N) is 1. The van der Waals surface area contributed by atoms with Crippen molar-refractivity contribution < 1.29 is 9.52 Å². The first kappa shape index (κ1) is 10.8. The molecular formula is C14H17NO2. The van der Waals surface area contributed by atoms with Crippen molar-refractivity contribution in [2.75, 3.05) is 7.05 Å². The van der Waals surface area contributed by atoms with Crippen LogP contribution in [-0.2, 0) is 0 Å². The van der Waals surface area contributed by atoms with Gasteiger partial charge in [0.1, 0.15) is 5.58 Å². The van der Waals surface area contributed by atoms with E-state index >= 15 is 0 Å². The van der Waals surface area contributed by atoms with Crippen molar-refractivity contribution in [3.05, 3.63) is 36.1 Å². The van der Waals surface area contributed by atoms with Gasteiger partial charge in [-0.05, 0) is 43.5 Å². The molecule has 1 aliphatic carbocycles. The van der Waals surface area contributed by atoms with Crippen LogP contribution >= 0.6 is 0 Å². The molecular weight excluding hydrogens is 214 g/mol. The van der Waals surface area contributed by atoms with Gasteiger partial charge in [-0.3, -0.25) is 0 Å². The lowest BCUT2D eigenvalue weighted by Crippen LogP contribution is -2.34. The van der Waals surface area contributed by atoms with E-state index in [-0.39, 0.29) is 6.04 Å². The average Bonchev–Trinajstić information content (AvgIpc) is 3.07. The summed E-state index contributed by atoms with van der Waals surface area (Å²) in [6.07, 6.45) is 3.65. The monoisotopic (exact) mass is 231 g/mol. The summed E-state index contributed by atoms with van der Waals surface area (Å²) in [6, 6.07) is 8.00. The van der Waals surface area contributed by atoms with Crippen LogP contribution in [0, 0.1) is 5.92 Å². The second-order valence-electron chi connectivity index (χ2n) is 4.81. The Morgan fingerprint density at radius 3 is 2.88 bits per heavy atom. The highest BCUT2D eigenvalue weighted by Gasteiger charge is 2.35. The first-order valence-electron chi connectivity index (χ1n) is 6.12. The molecule has 0 aliphatic heterocycles. The Bertz CT molecular complexity index is 516. The summed E-state index contributed by atoms with van der Waals surface area (Å²) in [5, 5.41) is 14.7. The van der Waals surface area contributed by atoms with Gasteiger partial charge in [0, 0.05) is 11.4 Å². The normalized spacial score (nSPS) is 19.4. The quantitative estimate of drug-likeness (QED) is 0.849. The van der Waals surface area contributed by atoms with Crippen molar-refractivity contribution in [3.8, 4) is 0 Å². The summed E-state index contributed by atoms with van der Waals surface area (Å²) in [6.45, 7) is 0. The maximum absolute atomic E-state index is 10.4. The summed E-state index contributed by atoms with van der Waals surface area (Å²) in [4.78, 5) is 0. The minimum Gasteiger partial charge on any atom is -0.464 e. The Hall–Kier alpha value is -1.32. The Labute approximate surface area is 100 Å². The summed E-state index contributed by atoms with van der Waals surface area (Å²) in [7, 11) is 1.91. The van der Waals surface area contributed by atoms with Gasteiger partial charge >= 0.3 is 0 Å². The summed E-state index contributed by atoms with van der Waals surface area (Å²) >= 11 is 0. The molecule has 1 heterocycles. The van der Waals surface area contributed by atoms with E-state index in [1.54, 1.807) is 6.26 Å². The molecule has 2 unspecified atom stereocenters. The van der Waals surface area contributed by atoms with Crippen LogP contribution in [0.3, 0.4) is 0 Å². The molecule has 2 atom stereocenters. The van der Waals surface area contributed by atoms with Crippen LogP contribution in [0.15, 0.2) is 34.9 Å². The second kappa shape index (κ2) is 4.17. The number of likely N-dealkylation sites (N-methyl/N-ethyl adjacent to an activating group) is 1. The molecule has 1 fully saturated rings. The zero-order valence-corrected chi connectivity index (χ0v) is 9.89. The third-order valence-corrected chi connectivity index (χ3v) is 3.63. The number of fused-ring (bicyclic) bond motifs is 1. The molecule has 0 saturated heterocycles. The van der Waals surface area contributed by atoms with Gasteiger partial charge in [-0.2, -0.15) is 0 Å². The molecule has 1 aromatic heterocycles. The lowest BCUT2D eigenvalue weighted by atomic mass is 9.98. The van der Waals surface area contributed by atoms with E-state index < -0.39 is 6.10 Å². The molecule has 1 aliphatic rings. The van der Waals surface area contributed by atoms with Gasteiger partial charge in [0.15, 0.2) is 0 Å². The van der Waals surface area contributed by atoms with E-state index in [9.17, 15) is 5.11 Å². The zero-order chi connectivity index (χ0) is 11.8. The van der Waals surface area contributed by atoms with Crippen LogP contribution in [0.4, 0.5) is 0 Å². The molecule has 3 heteroatoms. The molecule has 0 amide bonds. The molecule has 3 rings (SSSR count). The fourth-order valence-electron chi connectivity index (χ4n) is 2.47. The number of aliphatic hydroxyl groups excluding tert-OH is 1. The molecule has 1 aromatic carbocycles. The first-order chi connectivity index (χ1) is 8.29. The van der Waals surface area contributed by atoms with E-state index in [2.05, 4.69) is 5.32 Å². The molecule has 90 valence electrons. The maximum Gasteiger partial charge on any atom is 0.134 e. The molecule has 2 N–H and O–H groups in total. The van der Waals surface area contributed by atoms with Gasteiger partial charge in [-0.1, -0.05) is 12.1 Å². The Morgan fingerprint density at radius 2 is 2.18 bits per heavy atom. The van der Waals surface area contributed by atoms with E-state index in [0.29, 0.717) is 5.92 Å². The first-order valence-corrected chi connectivity index (χ1v) is 6.12. The Morgan fingerprint density at radius 1 is 1.35 bits per heavy atom. The summed E-state index contributed by atoms with van der Waals surface area (Å²) < 4.78 is 5.37. The van der Waals surface area contributed by atoms with Gasteiger partial charge in [-0.25, -0.2) is 0 Å². The van der Waals surface area contributed by atoms with E-state index in [1.165, 1.54) is 12.8 Å². The van der Waals surface area contributed by atoms with Gasteiger partial charge in [0.25, 0.3) is 0 Å². The summed E-state index contributed by atoms with van der Waals surface area (Å²) in [5.74, 6) is 0.613. The standard InChI is InChI=1S/C14H17NO2/c1-15-13(10-3-4-10)14(16)11-5-2-9-6-7-17-12(9)8-11/h2,5-8,10,13-16H,3-4H2,1H3. The molecule has 0 spiro atoms. The third-order valence-electron chi connectivity index (χ3n) is 3.63. The fourth-order valence-corrected chi connectivity index (χ4v) is 2.47.